The van der Waals surface area contributed by atoms with Gasteiger partial charge in [0.05, 0.1) is 0 Å². The molecule has 0 radical (unpaired) electrons. The number of aliphatic hydroxyl groups excluding tert-OH is 5. The first-order valence-corrected chi connectivity index (χ1v) is 5.57. The zero-order valence-electron chi connectivity index (χ0n) is 7.78. The van der Waals surface area contributed by atoms with Crippen molar-refractivity contribution in [2.24, 2.45) is 0 Å². The van der Waals surface area contributed by atoms with Gasteiger partial charge in [0.25, 0.3) is 0 Å². The molecule has 6 N–H and O–H groups in total. The highest BCUT2D eigenvalue weighted by atomic mass is 32.3. The van der Waals surface area contributed by atoms with Crippen molar-refractivity contribution in [3.63, 3.8) is 0 Å². The van der Waals surface area contributed by atoms with E-state index in [1.54, 1.807) is 0 Å². The summed E-state index contributed by atoms with van der Waals surface area (Å²) >= 11 is 0. The molecule has 0 aromatic heterocycles. The summed E-state index contributed by atoms with van der Waals surface area (Å²) in [5, 5.41) is 46.0. The molecule has 16 heavy (non-hydrogen) atoms. The van der Waals surface area contributed by atoms with Crippen LogP contribution < -0.4 is 0 Å². The monoisotopic (exact) mass is 260 g/mol. The molecule has 1 saturated carbocycles. The molecule has 10 heteroatoms. The standard InChI is InChI=1S/C6H12O9S/c7-1-2(8)4(10)6(5(11)3(1)9)15-16(12,13)14/h1-11H,(H,12,13,14)/t1-,2-,3-,4-,5-,6+/m0/s1. The summed E-state index contributed by atoms with van der Waals surface area (Å²) in [7, 11) is -4.98. The number of hydrogen-bond acceptors (Lipinski definition) is 8. The molecular weight excluding hydrogens is 248 g/mol. The van der Waals surface area contributed by atoms with Crippen LogP contribution in [0.1, 0.15) is 0 Å². The zero-order valence-corrected chi connectivity index (χ0v) is 8.60. The van der Waals surface area contributed by atoms with E-state index >= 15 is 0 Å². The van der Waals surface area contributed by atoms with Crippen LogP contribution in [0.2, 0.25) is 0 Å². The van der Waals surface area contributed by atoms with Crippen LogP contribution in [0.3, 0.4) is 0 Å². The maximum absolute atomic E-state index is 10.4. The molecule has 0 bridgehead atoms. The molecular formula is C6H12O9S. The Balaban J connectivity index is 2.91. The molecule has 0 saturated heterocycles. The fourth-order valence-electron chi connectivity index (χ4n) is 1.45. The van der Waals surface area contributed by atoms with Crippen molar-refractivity contribution in [1.29, 1.82) is 0 Å². The van der Waals surface area contributed by atoms with Gasteiger partial charge < -0.3 is 25.5 Å². The van der Waals surface area contributed by atoms with Gasteiger partial charge in [0.15, 0.2) is 0 Å². The highest BCUT2D eigenvalue weighted by Gasteiger charge is 2.50. The molecule has 1 fully saturated rings. The molecule has 0 spiro atoms. The number of hydrogen-bond donors (Lipinski definition) is 6. The number of aliphatic hydroxyl groups is 5. The second-order valence-corrected chi connectivity index (χ2v) is 4.49. The van der Waals surface area contributed by atoms with Crippen LogP contribution in [-0.2, 0) is 14.6 Å². The fourth-order valence-corrected chi connectivity index (χ4v) is 1.96. The molecule has 0 aromatic carbocycles. The average Bonchev–Trinajstić information content (AvgIpc) is 2.17. The normalized spacial score (nSPS) is 45.6. The molecule has 0 heterocycles. The van der Waals surface area contributed by atoms with Gasteiger partial charge in [-0.05, 0) is 0 Å². The molecule has 0 unspecified atom stereocenters. The minimum atomic E-state index is -4.98. The van der Waals surface area contributed by atoms with Crippen LogP contribution in [0.25, 0.3) is 0 Å². The molecule has 0 aromatic rings. The van der Waals surface area contributed by atoms with E-state index in [1.165, 1.54) is 0 Å². The van der Waals surface area contributed by atoms with Gasteiger partial charge in [-0.3, -0.25) is 4.55 Å². The van der Waals surface area contributed by atoms with Crippen molar-refractivity contribution in [1.82, 2.24) is 0 Å². The summed E-state index contributed by atoms with van der Waals surface area (Å²) < 4.78 is 33.0. The van der Waals surface area contributed by atoms with E-state index in [9.17, 15) is 28.8 Å². The van der Waals surface area contributed by atoms with Gasteiger partial charge in [-0.15, -0.1) is 0 Å². The maximum atomic E-state index is 10.4. The highest BCUT2D eigenvalue weighted by Crippen LogP contribution is 2.24. The van der Waals surface area contributed by atoms with E-state index < -0.39 is 47.0 Å². The summed E-state index contributed by atoms with van der Waals surface area (Å²) in [6.45, 7) is 0. The Labute approximate surface area is 90.5 Å². The van der Waals surface area contributed by atoms with Crippen LogP contribution in [0.5, 0.6) is 0 Å². The topological polar surface area (TPSA) is 165 Å². The largest absolute Gasteiger partial charge is 0.397 e. The molecule has 1 rings (SSSR count). The van der Waals surface area contributed by atoms with Crippen molar-refractivity contribution in [2.75, 3.05) is 0 Å². The lowest BCUT2D eigenvalue weighted by atomic mass is 9.85. The van der Waals surface area contributed by atoms with Crippen LogP contribution in [0.15, 0.2) is 0 Å². The average molecular weight is 260 g/mol. The third kappa shape index (κ3) is 2.67. The Morgan fingerprint density at radius 3 is 1.38 bits per heavy atom. The van der Waals surface area contributed by atoms with E-state index in [0.29, 0.717) is 0 Å². The second-order valence-electron chi connectivity index (χ2n) is 3.44. The molecule has 9 nitrogen and oxygen atoms in total. The van der Waals surface area contributed by atoms with Crippen molar-refractivity contribution >= 4 is 10.4 Å². The molecule has 1 aliphatic carbocycles. The Morgan fingerprint density at radius 2 is 1.06 bits per heavy atom. The lowest BCUT2D eigenvalue weighted by Crippen LogP contribution is -2.64. The van der Waals surface area contributed by atoms with Crippen molar-refractivity contribution in [3.05, 3.63) is 0 Å². The zero-order chi connectivity index (χ0) is 12.7. The summed E-state index contributed by atoms with van der Waals surface area (Å²) in [4.78, 5) is 0. The van der Waals surface area contributed by atoms with Gasteiger partial charge in [0, 0.05) is 0 Å². The predicted octanol–water partition coefficient (Wildman–Crippen LogP) is -4.01. The maximum Gasteiger partial charge on any atom is 0.397 e. The third-order valence-electron chi connectivity index (χ3n) is 2.31. The van der Waals surface area contributed by atoms with Gasteiger partial charge in [-0.1, -0.05) is 0 Å². The van der Waals surface area contributed by atoms with Gasteiger partial charge in [0.1, 0.15) is 36.6 Å². The van der Waals surface area contributed by atoms with Crippen molar-refractivity contribution in [2.45, 2.75) is 36.6 Å². The molecule has 4 atom stereocenters. The second kappa shape index (κ2) is 4.50. The molecule has 1 aliphatic rings. The van der Waals surface area contributed by atoms with E-state index in [-0.39, 0.29) is 0 Å². The van der Waals surface area contributed by atoms with Crippen LogP contribution in [-0.4, -0.2) is 75.1 Å². The van der Waals surface area contributed by atoms with Crippen molar-refractivity contribution < 1.29 is 42.7 Å². The summed E-state index contributed by atoms with van der Waals surface area (Å²) in [5.74, 6) is 0. The predicted molar refractivity (Wildman–Crippen MR) is 46.5 cm³/mol. The van der Waals surface area contributed by atoms with E-state index in [2.05, 4.69) is 4.18 Å². The first-order chi connectivity index (χ1) is 7.15. The quantitative estimate of drug-likeness (QED) is 0.271. The van der Waals surface area contributed by atoms with Gasteiger partial charge in [0.2, 0.25) is 0 Å². The SMILES string of the molecule is O=S(=O)(O)O[C@H]1[C@@H](O)[C@@H](O)[C@@H](O)[C@H](O)[C@@H]1O. The van der Waals surface area contributed by atoms with Gasteiger partial charge in [-0.25, -0.2) is 4.18 Å². The first kappa shape index (κ1) is 13.7. The molecule has 96 valence electrons. The Hall–Kier alpha value is -0.330. The van der Waals surface area contributed by atoms with E-state index in [4.69, 9.17) is 9.66 Å². The Kier molecular flexibility index (Phi) is 3.87. The van der Waals surface area contributed by atoms with E-state index in [1.807, 2.05) is 0 Å². The third-order valence-corrected chi connectivity index (χ3v) is 2.77. The van der Waals surface area contributed by atoms with Crippen LogP contribution in [0.4, 0.5) is 0 Å². The lowest BCUT2D eigenvalue weighted by molar-refractivity contribution is -0.217. The van der Waals surface area contributed by atoms with Crippen LogP contribution in [0, 0.1) is 0 Å². The fraction of sp³-hybridized carbons (Fsp3) is 1.00. The van der Waals surface area contributed by atoms with Crippen molar-refractivity contribution in [3.8, 4) is 0 Å². The van der Waals surface area contributed by atoms with Gasteiger partial charge >= 0.3 is 10.4 Å². The van der Waals surface area contributed by atoms with E-state index in [0.717, 1.165) is 0 Å². The lowest BCUT2D eigenvalue weighted by Gasteiger charge is -2.40. The van der Waals surface area contributed by atoms with Crippen LogP contribution >= 0.6 is 0 Å². The number of rotatable bonds is 2. The minimum absolute atomic E-state index is 1.86. The summed E-state index contributed by atoms with van der Waals surface area (Å²) in [5.41, 5.74) is 0. The molecule has 0 aliphatic heterocycles. The van der Waals surface area contributed by atoms with Gasteiger partial charge in [-0.2, -0.15) is 8.42 Å². The summed E-state index contributed by atoms with van der Waals surface area (Å²) in [6, 6.07) is 0. The summed E-state index contributed by atoms with van der Waals surface area (Å²) in [6.07, 6.45) is -11.6. The highest BCUT2D eigenvalue weighted by molar-refractivity contribution is 7.80. The molecule has 0 amide bonds. The smallest absolute Gasteiger partial charge is 0.387 e. The Bertz CT molecular complexity index is 324. The Morgan fingerprint density at radius 1 is 0.750 bits per heavy atom. The minimum Gasteiger partial charge on any atom is -0.387 e. The first-order valence-electron chi connectivity index (χ1n) is 4.21.